The quantitative estimate of drug-likeness (QED) is 0.300. The van der Waals surface area contributed by atoms with E-state index in [9.17, 15) is 4.57 Å². The Morgan fingerprint density at radius 1 is 1.11 bits per heavy atom. The van der Waals surface area contributed by atoms with E-state index >= 15 is 0 Å². The van der Waals surface area contributed by atoms with Gasteiger partial charge in [-0.2, -0.15) is 0 Å². The summed E-state index contributed by atoms with van der Waals surface area (Å²) < 4.78 is 16.9. The van der Waals surface area contributed by atoms with Crippen LogP contribution in [0.2, 0.25) is 0 Å². The summed E-state index contributed by atoms with van der Waals surface area (Å²) in [6, 6.07) is 0. The molecule has 1 fully saturated rings. The zero-order valence-corrected chi connectivity index (χ0v) is 3.83. The Hall–Kier alpha value is 3.30. The fourth-order valence-corrected chi connectivity index (χ4v) is 0.343. The first-order chi connectivity index (χ1) is 3.21. The van der Waals surface area contributed by atoms with Gasteiger partial charge >= 0.3 is 111 Å². The maximum absolute atomic E-state index is 9.88. The van der Waals surface area contributed by atoms with Crippen LogP contribution in [0.1, 0.15) is 0 Å². The van der Waals surface area contributed by atoms with Crippen molar-refractivity contribution in [3.8, 4) is 0 Å². The average molecular weight is 208 g/mol. The van der Waals surface area contributed by atoms with Crippen LogP contribution in [0.5, 0.6) is 0 Å². The van der Waals surface area contributed by atoms with Crippen molar-refractivity contribution < 1.29 is 28.9 Å². The molecule has 0 radical (unpaired) electrons. The predicted molar refractivity (Wildman–Crippen MR) is 28.5 cm³/mol. The van der Waals surface area contributed by atoms with Gasteiger partial charge in [-0.05, 0) is 10.1 Å². The van der Waals surface area contributed by atoms with Crippen molar-refractivity contribution in [2.24, 2.45) is 0 Å². The molecular weight excluding hydrogens is 205 g/mol. The molecule has 0 spiro atoms. The molecular formula is H3K2O6P. The van der Waals surface area contributed by atoms with Gasteiger partial charge in [0.15, 0.2) is 0 Å². The molecule has 1 saturated heterocycles. The molecule has 46 valence electrons. The third kappa shape index (κ3) is 6.46. The second kappa shape index (κ2) is 6.78. The number of hydrogen-bond donors (Lipinski definition) is 1. The molecule has 0 aromatic heterocycles. The Bertz CT molecular complexity index is 102. The molecule has 0 saturated carbocycles. The van der Waals surface area contributed by atoms with Crippen LogP contribution >= 0.6 is 7.82 Å². The molecule has 6 nitrogen and oxygen atoms in total. The molecule has 0 unspecified atom stereocenters. The van der Waals surface area contributed by atoms with E-state index in [4.69, 9.17) is 4.89 Å². The molecule has 0 amide bonds. The first-order valence-electron chi connectivity index (χ1n) is 1.25. The third-order valence-corrected chi connectivity index (χ3v) is 0.776. The van der Waals surface area contributed by atoms with Crippen molar-refractivity contribution >= 4 is 111 Å². The van der Waals surface area contributed by atoms with E-state index in [-0.39, 0.29) is 103 Å². The number of rotatable bonds is 0. The van der Waals surface area contributed by atoms with Crippen molar-refractivity contribution in [2.75, 3.05) is 0 Å². The normalized spacial score (nSPS) is 21.9. The van der Waals surface area contributed by atoms with Gasteiger partial charge in [0.25, 0.3) is 0 Å². The van der Waals surface area contributed by atoms with E-state index < -0.39 is 7.82 Å². The minimum absolute atomic E-state index is 0. The van der Waals surface area contributed by atoms with Crippen LogP contribution in [0.4, 0.5) is 0 Å². The van der Waals surface area contributed by atoms with Crippen molar-refractivity contribution in [2.45, 2.75) is 0 Å². The fourth-order valence-electron chi connectivity index (χ4n) is 0.114. The summed E-state index contributed by atoms with van der Waals surface area (Å²) in [6.45, 7) is 0. The molecule has 9 heavy (non-hydrogen) atoms. The topological polar surface area (TPSA) is 74.2 Å². The minimum atomic E-state index is -3.99. The first-order valence-corrected chi connectivity index (χ1v) is 2.74. The molecule has 1 aliphatic rings. The van der Waals surface area contributed by atoms with Gasteiger partial charge in [0.2, 0.25) is 0 Å². The molecule has 0 aromatic carbocycles. The molecule has 0 aliphatic carbocycles. The average Bonchev–Trinajstić information content (AvgIpc) is 1.84. The van der Waals surface area contributed by atoms with E-state index in [1.807, 2.05) is 0 Å². The van der Waals surface area contributed by atoms with Gasteiger partial charge in [-0.15, -0.1) is 0 Å². The Balaban J connectivity index is 0. The molecule has 1 rings (SSSR count). The zero-order valence-electron chi connectivity index (χ0n) is 2.94. The summed E-state index contributed by atoms with van der Waals surface area (Å²) in [7, 11) is -3.99. The van der Waals surface area contributed by atoms with Crippen LogP contribution in [0.15, 0.2) is 0 Å². The SMILES string of the molecule is O=P1(O)OOOO1.[KH].[KH]. The van der Waals surface area contributed by atoms with E-state index in [1.54, 1.807) is 0 Å². The van der Waals surface area contributed by atoms with Crippen LogP contribution in [0, 0.1) is 0 Å². The Morgan fingerprint density at radius 3 is 1.56 bits per heavy atom. The summed E-state index contributed by atoms with van der Waals surface area (Å²) in [4.78, 5) is 8.06. The summed E-state index contributed by atoms with van der Waals surface area (Å²) >= 11 is 0. The van der Waals surface area contributed by atoms with Gasteiger partial charge in [-0.25, -0.2) is 4.57 Å². The van der Waals surface area contributed by atoms with Crippen molar-refractivity contribution in [1.82, 2.24) is 0 Å². The van der Waals surface area contributed by atoms with Gasteiger partial charge in [-0.3, -0.25) is 4.89 Å². The van der Waals surface area contributed by atoms with Gasteiger partial charge in [0.05, 0.1) is 0 Å². The molecule has 9 heteroatoms. The van der Waals surface area contributed by atoms with Gasteiger partial charge in [-0.1, -0.05) is 9.35 Å². The van der Waals surface area contributed by atoms with E-state index in [0.717, 1.165) is 0 Å². The van der Waals surface area contributed by atoms with Crippen molar-refractivity contribution in [3.63, 3.8) is 0 Å². The molecule has 1 aliphatic heterocycles. The second-order valence-corrected chi connectivity index (χ2v) is 1.99. The van der Waals surface area contributed by atoms with E-state index in [1.165, 1.54) is 0 Å². The van der Waals surface area contributed by atoms with E-state index in [0.29, 0.717) is 0 Å². The van der Waals surface area contributed by atoms with Gasteiger partial charge in [0, 0.05) is 0 Å². The molecule has 0 aromatic rings. The van der Waals surface area contributed by atoms with Crippen LogP contribution in [-0.2, 0) is 24.0 Å². The predicted octanol–water partition coefficient (Wildman–Crippen LogP) is -1.39. The number of phosphoric acid groups is 1. The van der Waals surface area contributed by atoms with Crippen LogP contribution in [0.3, 0.4) is 0 Å². The molecule has 0 bridgehead atoms. The molecule has 1 N–H and O–H groups in total. The summed E-state index contributed by atoms with van der Waals surface area (Å²) in [6.07, 6.45) is 0. The molecule has 1 heterocycles. The summed E-state index contributed by atoms with van der Waals surface area (Å²) in [5.74, 6) is 0. The van der Waals surface area contributed by atoms with E-state index in [2.05, 4.69) is 19.4 Å². The molecule has 0 atom stereocenters. The fraction of sp³-hybridized carbons (Fsp3) is 0. The van der Waals surface area contributed by atoms with Gasteiger partial charge in [0.1, 0.15) is 0 Å². The van der Waals surface area contributed by atoms with Crippen LogP contribution < -0.4 is 0 Å². The van der Waals surface area contributed by atoms with Crippen molar-refractivity contribution in [3.05, 3.63) is 0 Å². The Kier molecular flexibility index (Phi) is 11.2. The maximum atomic E-state index is 9.88. The third-order valence-electron chi connectivity index (χ3n) is 0.277. The van der Waals surface area contributed by atoms with Crippen LogP contribution in [-0.4, -0.2) is 108 Å². The monoisotopic (exact) mass is 208 g/mol. The standard InChI is InChI=1S/2K.HO6P.2H/c;;1-7(2)5-3-4-6-7;;/h;;(H,1,2);;. The Labute approximate surface area is 136 Å². The summed E-state index contributed by atoms with van der Waals surface area (Å²) in [5.41, 5.74) is 0. The van der Waals surface area contributed by atoms with Crippen LogP contribution in [0.25, 0.3) is 0 Å². The second-order valence-electron chi connectivity index (χ2n) is 0.754. The first kappa shape index (κ1) is 14.8. The van der Waals surface area contributed by atoms with Gasteiger partial charge < -0.3 is 0 Å². The summed E-state index contributed by atoms with van der Waals surface area (Å²) in [5, 5.41) is 6.85. The number of hydrogen-bond acceptors (Lipinski definition) is 5. The Morgan fingerprint density at radius 2 is 1.44 bits per heavy atom. The zero-order chi connectivity index (χ0) is 5.33. The van der Waals surface area contributed by atoms with Crippen molar-refractivity contribution in [1.29, 1.82) is 0 Å².